The molecule has 7 aromatic carbocycles. The standard InChI is InChI=1S/C46H33N5/c1-32-22-28-42-40(30-32)41-31-39(50(36-18-10-4-11-19-36)37-20-12-5-13-21-37)27-29-43(41)51(42)38-25-23-35(24-26-38)46-48-44(33-14-6-2-7-15-33)47-45(49-46)34-16-8-3-9-17-34/h2-31H,1H3. The third kappa shape index (κ3) is 5.71. The Labute approximate surface area is 296 Å². The molecule has 0 amide bonds. The van der Waals surface area contributed by atoms with Gasteiger partial charge in [0.15, 0.2) is 17.5 Å². The maximum atomic E-state index is 4.94. The Hall–Kier alpha value is -6.85. The number of para-hydroxylation sites is 2. The molecule has 9 aromatic rings. The molecular weight excluding hydrogens is 623 g/mol. The van der Waals surface area contributed by atoms with E-state index in [0.29, 0.717) is 17.5 Å². The fourth-order valence-corrected chi connectivity index (χ4v) is 6.84. The number of fused-ring (bicyclic) bond motifs is 3. The second kappa shape index (κ2) is 12.9. The smallest absolute Gasteiger partial charge is 0.164 e. The van der Waals surface area contributed by atoms with E-state index < -0.39 is 0 Å². The molecule has 0 saturated carbocycles. The van der Waals surface area contributed by atoms with Crippen LogP contribution >= 0.6 is 0 Å². The van der Waals surface area contributed by atoms with Crippen LogP contribution in [-0.2, 0) is 0 Å². The zero-order valence-electron chi connectivity index (χ0n) is 28.1. The summed E-state index contributed by atoms with van der Waals surface area (Å²) < 4.78 is 2.35. The molecule has 0 aliphatic rings. The van der Waals surface area contributed by atoms with Gasteiger partial charge in [0.2, 0.25) is 0 Å². The molecule has 2 heterocycles. The van der Waals surface area contributed by atoms with Gasteiger partial charge < -0.3 is 9.47 Å². The molecule has 0 aliphatic heterocycles. The van der Waals surface area contributed by atoms with Crippen molar-refractivity contribution in [1.82, 2.24) is 19.5 Å². The van der Waals surface area contributed by atoms with Gasteiger partial charge in [-0.3, -0.25) is 0 Å². The first kappa shape index (κ1) is 30.2. The SMILES string of the molecule is Cc1ccc2c(c1)c1cc(N(c3ccccc3)c3ccccc3)ccc1n2-c1ccc(-c2nc(-c3ccccc3)nc(-c3ccccc3)n2)cc1. The largest absolute Gasteiger partial charge is 0.310 e. The van der Waals surface area contributed by atoms with Crippen molar-refractivity contribution in [1.29, 1.82) is 0 Å². The second-order valence-corrected chi connectivity index (χ2v) is 12.6. The van der Waals surface area contributed by atoms with Crippen molar-refractivity contribution in [2.45, 2.75) is 6.92 Å². The van der Waals surface area contributed by atoms with Crippen LogP contribution in [0.5, 0.6) is 0 Å². The lowest BCUT2D eigenvalue weighted by Crippen LogP contribution is -2.09. The molecule has 0 radical (unpaired) electrons. The van der Waals surface area contributed by atoms with Gasteiger partial charge in [0, 0.05) is 50.2 Å². The van der Waals surface area contributed by atoms with Crippen LogP contribution in [0, 0.1) is 6.92 Å². The van der Waals surface area contributed by atoms with Crippen LogP contribution < -0.4 is 4.90 Å². The Kier molecular flexibility index (Phi) is 7.63. The second-order valence-electron chi connectivity index (χ2n) is 12.6. The quantitative estimate of drug-likeness (QED) is 0.171. The monoisotopic (exact) mass is 655 g/mol. The topological polar surface area (TPSA) is 46.8 Å². The zero-order chi connectivity index (χ0) is 34.1. The molecule has 0 N–H and O–H groups in total. The number of benzene rings is 7. The molecule has 9 rings (SSSR count). The van der Waals surface area contributed by atoms with E-state index in [-0.39, 0.29) is 0 Å². The Bertz CT molecular complexity index is 2520. The average Bonchev–Trinajstić information content (AvgIpc) is 3.52. The highest BCUT2D eigenvalue weighted by Crippen LogP contribution is 2.40. The van der Waals surface area contributed by atoms with Crippen LogP contribution in [0.1, 0.15) is 5.56 Å². The molecule has 2 aromatic heterocycles. The summed E-state index contributed by atoms with van der Waals surface area (Å²) in [5.74, 6) is 1.94. The number of rotatable bonds is 7. The fourth-order valence-electron chi connectivity index (χ4n) is 6.84. The van der Waals surface area contributed by atoms with Crippen LogP contribution in [0.15, 0.2) is 182 Å². The molecular formula is C46H33N5. The molecule has 0 spiro atoms. The highest BCUT2D eigenvalue weighted by molar-refractivity contribution is 6.11. The minimum Gasteiger partial charge on any atom is -0.310 e. The van der Waals surface area contributed by atoms with Gasteiger partial charge >= 0.3 is 0 Å². The lowest BCUT2D eigenvalue weighted by molar-refractivity contribution is 1.07. The van der Waals surface area contributed by atoms with Crippen molar-refractivity contribution in [3.63, 3.8) is 0 Å². The Morgan fingerprint density at radius 2 is 0.824 bits per heavy atom. The van der Waals surface area contributed by atoms with Crippen molar-refractivity contribution in [2.75, 3.05) is 4.90 Å². The van der Waals surface area contributed by atoms with Crippen molar-refractivity contribution >= 4 is 38.9 Å². The molecule has 0 atom stereocenters. The minimum absolute atomic E-state index is 0.638. The van der Waals surface area contributed by atoms with Crippen molar-refractivity contribution < 1.29 is 0 Å². The van der Waals surface area contributed by atoms with E-state index in [0.717, 1.165) is 50.5 Å². The van der Waals surface area contributed by atoms with E-state index in [9.17, 15) is 0 Å². The lowest BCUT2D eigenvalue weighted by atomic mass is 10.1. The van der Waals surface area contributed by atoms with Crippen LogP contribution in [0.3, 0.4) is 0 Å². The predicted octanol–water partition coefficient (Wildman–Crippen LogP) is 11.7. The minimum atomic E-state index is 0.638. The van der Waals surface area contributed by atoms with Crippen LogP contribution in [0.25, 0.3) is 61.7 Å². The summed E-state index contributed by atoms with van der Waals surface area (Å²) in [5, 5.41) is 2.42. The number of hydrogen-bond donors (Lipinski definition) is 0. The Morgan fingerprint density at radius 1 is 0.392 bits per heavy atom. The molecule has 0 aliphatic carbocycles. The predicted molar refractivity (Wildman–Crippen MR) is 210 cm³/mol. The summed E-state index contributed by atoms with van der Waals surface area (Å²) in [7, 11) is 0. The van der Waals surface area contributed by atoms with Gasteiger partial charge in [-0.15, -0.1) is 0 Å². The first-order valence-corrected chi connectivity index (χ1v) is 17.1. The van der Waals surface area contributed by atoms with Crippen molar-refractivity contribution in [2.24, 2.45) is 0 Å². The van der Waals surface area contributed by atoms with Crippen molar-refractivity contribution in [3.8, 4) is 39.9 Å². The van der Waals surface area contributed by atoms with Crippen LogP contribution in [-0.4, -0.2) is 19.5 Å². The van der Waals surface area contributed by atoms with E-state index in [1.165, 1.54) is 16.3 Å². The van der Waals surface area contributed by atoms with E-state index in [2.05, 4.69) is 138 Å². The summed E-state index contributed by atoms with van der Waals surface area (Å²) >= 11 is 0. The van der Waals surface area contributed by atoms with Gasteiger partial charge in [0.1, 0.15) is 0 Å². The van der Waals surface area contributed by atoms with Gasteiger partial charge in [-0.25, -0.2) is 15.0 Å². The number of aryl methyl sites for hydroxylation is 1. The van der Waals surface area contributed by atoms with E-state index >= 15 is 0 Å². The summed E-state index contributed by atoms with van der Waals surface area (Å²) in [5.41, 5.74) is 10.8. The third-order valence-corrected chi connectivity index (χ3v) is 9.27. The fraction of sp³-hybridized carbons (Fsp3) is 0.0217. The Morgan fingerprint density at radius 3 is 1.33 bits per heavy atom. The normalized spacial score (nSPS) is 11.2. The van der Waals surface area contributed by atoms with Gasteiger partial charge in [-0.1, -0.05) is 109 Å². The van der Waals surface area contributed by atoms with Crippen LogP contribution in [0.4, 0.5) is 17.1 Å². The Balaban J connectivity index is 1.17. The van der Waals surface area contributed by atoms with Crippen molar-refractivity contribution in [3.05, 3.63) is 188 Å². The van der Waals surface area contributed by atoms with E-state index in [1.54, 1.807) is 0 Å². The van der Waals surface area contributed by atoms with Gasteiger partial charge in [-0.05, 0) is 85.8 Å². The first-order valence-electron chi connectivity index (χ1n) is 17.1. The van der Waals surface area contributed by atoms with E-state index in [4.69, 9.17) is 15.0 Å². The maximum absolute atomic E-state index is 4.94. The summed E-state index contributed by atoms with van der Waals surface area (Å²) in [4.78, 5) is 17.1. The maximum Gasteiger partial charge on any atom is 0.164 e. The number of hydrogen-bond acceptors (Lipinski definition) is 4. The third-order valence-electron chi connectivity index (χ3n) is 9.27. The molecule has 0 bridgehead atoms. The lowest BCUT2D eigenvalue weighted by Gasteiger charge is -2.25. The number of aromatic nitrogens is 4. The zero-order valence-corrected chi connectivity index (χ0v) is 28.1. The number of anilines is 3. The molecule has 0 fully saturated rings. The molecule has 51 heavy (non-hydrogen) atoms. The summed E-state index contributed by atoms with van der Waals surface area (Å²) in [6.07, 6.45) is 0. The average molecular weight is 656 g/mol. The highest BCUT2D eigenvalue weighted by atomic mass is 15.1. The summed E-state index contributed by atoms with van der Waals surface area (Å²) in [6, 6.07) is 63.3. The molecule has 5 heteroatoms. The van der Waals surface area contributed by atoms with Gasteiger partial charge in [0.05, 0.1) is 11.0 Å². The molecule has 0 saturated heterocycles. The van der Waals surface area contributed by atoms with Crippen LogP contribution in [0.2, 0.25) is 0 Å². The van der Waals surface area contributed by atoms with Gasteiger partial charge in [-0.2, -0.15) is 0 Å². The first-order chi connectivity index (χ1) is 25.2. The molecule has 242 valence electrons. The molecule has 0 unspecified atom stereocenters. The number of nitrogens with zero attached hydrogens (tertiary/aromatic N) is 5. The molecule has 5 nitrogen and oxygen atoms in total. The highest BCUT2D eigenvalue weighted by Gasteiger charge is 2.18. The van der Waals surface area contributed by atoms with Gasteiger partial charge in [0.25, 0.3) is 0 Å². The van der Waals surface area contributed by atoms with E-state index in [1.807, 2.05) is 60.7 Å². The summed E-state index contributed by atoms with van der Waals surface area (Å²) in [6.45, 7) is 2.16.